The van der Waals surface area contributed by atoms with E-state index in [9.17, 15) is 17.8 Å². The Morgan fingerprint density at radius 3 is 2.29 bits per heavy atom. The molecule has 11 heteroatoms. The number of thiazole rings is 1. The number of nitrogens with zero attached hydrogens (tertiary/aromatic N) is 1. The zero-order valence-electron chi connectivity index (χ0n) is 20.5. The van der Waals surface area contributed by atoms with Gasteiger partial charge < -0.3 is 9.05 Å². The monoisotopic (exact) mass is 547 g/mol. The average Bonchev–Trinajstić information content (AvgIpc) is 3.43. The van der Waals surface area contributed by atoms with Gasteiger partial charge in [-0.2, -0.15) is 0 Å². The molecule has 7 nitrogen and oxygen atoms in total. The largest absolute Gasteiger partial charge is 0.336 e. The van der Waals surface area contributed by atoms with Crippen LogP contribution in [-0.4, -0.2) is 38.7 Å². The molecule has 0 spiro atoms. The van der Waals surface area contributed by atoms with E-state index >= 15 is 0 Å². The summed E-state index contributed by atoms with van der Waals surface area (Å²) in [5, 5.41) is 2.48. The van der Waals surface area contributed by atoms with E-state index in [0.29, 0.717) is 16.6 Å². The number of aromatic nitrogens is 1. The van der Waals surface area contributed by atoms with E-state index in [2.05, 4.69) is 4.98 Å². The molecule has 1 aromatic carbocycles. The maximum Gasteiger partial charge on any atom is 0.336 e. The van der Waals surface area contributed by atoms with Crippen molar-refractivity contribution in [1.82, 2.24) is 4.98 Å². The molecule has 2 aromatic rings. The minimum absolute atomic E-state index is 0. The highest BCUT2D eigenvalue weighted by molar-refractivity contribution is 7.90. The molecule has 0 saturated heterocycles. The number of benzene rings is 1. The number of sulfone groups is 1. The van der Waals surface area contributed by atoms with Gasteiger partial charge in [0.05, 0.1) is 36.4 Å². The van der Waals surface area contributed by atoms with Crippen molar-refractivity contribution in [2.24, 2.45) is 5.92 Å². The van der Waals surface area contributed by atoms with Crippen molar-refractivity contribution in [2.75, 3.05) is 19.5 Å². The van der Waals surface area contributed by atoms with Gasteiger partial charge in [-0.25, -0.2) is 13.4 Å². The SMILES string of the molecule is CCOP(=O)(Cc1csc(CC(=O)[C@H](CC2CCCC2)c2ccc(S(C)(=O)=O)cc2)n1)OCC.F. The second kappa shape index (κ2) is 13.2. The summed E-state index contributed by atoms with van der Waals surface area (Å²) >= 11 is 1.37. The van der Waals surface area contributed by atoms with Crippen molar-refractivity contribution < 1.29 is 31.5 Å². The van der Waals surface area contributed by atoms with Crippen molar-refractivity contribution in [1.29, 1.82) is 0 Å². The Morgan fingerprint density at radius 1 is 1.14 bits per heavy atom. The van der Waals surface area contributed by atoms with Gasteiger partial charge in [0.25, 0.3) is 0 Å². The lowest BCUT2D eigenvalue weighted by atomic mass is 9.84. The van der Waals surface area contributed by atoms with Gasteiger partial charge in [0, 0.05) is 17.6 Å². The lowest BCUT2D eigenvalue weighted by molar-refractivity contribution is -0.120. The fraction of sp³-hybridized carbons (Fsp3) is 0.583. The van der Waals surface area contributed by atoms with Crippen LogP contribution in [0.3, 0.4) is 0 Å². The van der Waals surface area contributed by atoms with Crippen LogP contribution in [0.25, 0.3) is 0 Å². The van der Waals surface area contributed by atoms with Crippen LogP contribution < -0.4 is 0 Å². The minimum atomic E-state index is -3.29. The molecule has 0 N–H and O–H groups in total. The Bertz CT molecular complexity index is 1100. The molecular weight excluding hydrogens is 512 g/mol. The molecule has 35 heavy (non-hydrogen) atoms. The highest BCUT2D eigenvalue weighted by Gasteiger charge is 2.29. The number of halogens is 1. The number of Topliss-reactive ketones (excluding diaryl/α,β-unsaturated/α-hetero) is 1. The van der Waals surface area contributed by atoms with Gasteiger partial charge in [-0.1, -0.05) is 37.8 Å². The van der Waals surface area contributed by atoms with E-state index in [4.69, 9.17) is 9.05 Å². The van der Waals surface area contributed by atoms with Crippen molar-refractivity contribution >= 4 is 34.6 Å². The zero-order valence-corrected chi connectivity index (χ0v) is 23.0. The third-order valence-electron chi connectivity index (χ3n) is 6.08. The average molecular weight is 548 g/mol. The first-order chi connectivity index (χ1) is 16.1. The number of ketones is 1. The topological polar surface area (TPSA) is 99.6 Å². The van der Waals surface area contributed by atoms with Gasteiger partial charge in [0.15, 0.2) is 9.84 Å². The van der Waals surface area contributed by atoms with Crippen LogP contribution in [0.5, 0.6) is 0 Å². The first kappa shape index (κ1) is 29.8. The predicted octanol–water partition coefficient (Wildman–Crippen LogP) is 5.94. The van der Waals surface area contributed by atoms with E-state index in [1.807, 2.05) is 0 Å². The van der Waals surface area contributed by atoms with Gasteiger partial charge in [-0.3, -0.25) is 14.1 Å². The van der Waals surface area contributed by atoms with Crippen molar-refractivity contribution in [3.05, 3.63) is 45.9 Å². The first-order valence-corrected chi connectivity index (χ1v) is 16.3. The summed E-state index contributed by atoms with van der Waals surface area (Å²) in [4.78, 5) is 18.2. The molecule has 1 saturated carbocycles. The van der Waals surface area contributed by atoms with Crippen LogP contribution in [0, 0.1) is 5.92 Å². The molecule has 0 radical (unpaired) electrons. The number of hydrogen-bond donors (Lipinski definition) is 0. The third-order valence-corrected chi connectivity index (χ3v) is 10.1. The van der Waals surface area contributed by atoms with Crippen LogP contribution in [0.1, 0.15) is 68.1 Å². The summed E-state index contributed by atoms with van der Waals surface area (Å²) in [6.45, 7) is 4.11. The first-order valence-electron chi connectivity index (χ1n) is 11.8. The normalized spacial score (nSPS) is 15.6. The number of carbonyl (C=O) groups is 1. The Labute approximate surface area is 211 Å². The molecule has 3 rings (SSSR count). The molecule has 0 bridgehead atoms. The lowest BCUT2D eigenvalue weighted by Gasteiger charge is -2.20. The van der Waals surface area contributed by atoms with Crippen LogP contribution in [-0.2, 0) is 40.8 Å². The van der Waals surface area contributed by atoms with Crippen LogP contribution >= 0.6 is 18.9 Å². The zero-order chi connectivity index (χ0) is 24.8. The molecule has 0 unspecified atom stereocenters. The lowest BCUT2D eigenvalue weighted by Crippen LogP contribution is -2.18. The Hall–Kier alpha value is -1.45. The van der Waals surface area contributed by atoms with Gasteiger partial charge in [0.2, 0.25) is 0 Å². The third kappa shape index (κ3) is 8.57. The van der Waals surface area contributed by atoms with Crippen molar-refractivity contribution in [3.8, 4) is 0 Å². The summed E-state index contributed by atoms with van der Waals surface area (Å²) in [7, 11) is -6.55. The molecule has 1 aliphatic rings. The van der Waals surface area contributed by atoms with Crippen LogP contribution in [0.4, 0.5) is 4.70 Å². The Balaban J connectivity index is 0.00000432. The Kier molecular flexibility index (Phi) is 11.2. The van der Waals surface area contributed by atoms with Gasteiger partial charge in [-0.15, -0.1) is 11.3 Å². The number of rotatable bonds is 13. The van der Waals surface area contributed by atoms with Crippen molar-refractivity contribution in [3.63, 3.8) is 0 Å². The van der Waals surface area contributed by atoms with E-state index in [0.717, 1.165) is 24.8 Å². The minimum Gasteiger partial charge on any atom is -0.309 e. The second-order valence-electron chi connectivity index (χ2n) is 8.76. The summed E-state index contributed by atoms with van der Waals surface area (Å²) in [6.07, 6.45) is 6.83. The van der Waals surface area contributed by atoms with Crippen LogP contribution in [0.2, 0.25) is 0 Å². The summed E-state index contributed by atoms with van der Waals surface area (Å²) in [5.41, 5.74) is 1.45. The molecule has 196 valence electrons. The highest BCUT2D eigenvalue weighted by atomic mass is 32.2. The Morgan fingerprint density at radius 2 is 1.74 bits per heavy atom. The molecule has 1 aromatic heterocycles. The second-order valence-corrected chi connectivity index (χ2v) is 13.8. The van der Waals surface area contributed by atoms with Gasteiger partial charge in [0.1, 0.15) is 10.8 Å². The van der Waals surface area contributed by atoms with E-state index in [1.54, 1.807) is 43.5 Å². The van der Waals surface area contributed by atoms with E-state index in [-0.39, 0.29) is 47.1 Å². The summed E-state index contributed by atoms with van der Waals surface area (Å²) < 4.78 is 47.2. The maximum absolute atomic E-state index is 13.4. The summed E-state index contributed by atoms with van der Waals surface area (Å²) in [6, 6.07) is 6.70. The molecular formula is C24H35FNO6PS2. The molecule has 1 aliphatic carbocycles. The van der Waals surface area contributed by atoms with Crippen molar-refractivity contribution in [2.45, 2.75) is 69.3 Å². The van der Waals surface area contributed by atoms with E-state index in [1.165, 1.54) is 30.4 Å². The smallest absolute Gasteiger partial charge is 0.309 e. The fourth-order valence-corrected chi connectivity index (χ4v) is 7.64. The number of carbonyl (C=O) groups excluding carboxylic acids is 1. The van der Waals surface area contributed by atoms with Crippen LogP contribution in [0.15, 0.2) is 34.5 Å². The molecule has 1 fully saturated rings. The maximum atomic E-state index is 13.4. The highest BCUT2D eigenvalue weighted by Crippen LogP contribution is 2.51. The molecule has 1 heterocycles. The molecule has 0 amide bonds. The molecule has 0 aliphatic heterocycles. The number of hydrogen-bond acceptors (Lipinski definition) is 8. The standard InChI is InChI=1S/C24H34NO6PS2.FH/c1-4-30-32(27,31-5-2)16-20-17-33-24(25-20)15-23(26)22(14-18-8-6-7-9-18)19-10-12-21(13-11-19)34(3,28)29;/h10-13,17-18,22H,4-9,14-16H2,1-3H3;1H/t22-;/m1./s1. The fourth-order valence-electron chi connectivity index (χ4n) is 4.48. The predicted molar refractivity (Wildman–Crippen MR) is 137 cm³/mol. The summed E-state index contributed by atoms with van der Waals surface area (Å²) in [5.74, 6) is 0.262. The van der Waals surface area contributed by atoms with Gasteiger partial charge >= 0.3 is 7.60 Å². The quantitative estimate of drug-likeness (QED) is 0.286. The molecule has 1 atom stereocenters. The van der Waals surface area contributed by atoms with E-state index < -0.39 is 17.4 Å². The van der Waals surface area contributed by atoms with Gasteiger partial charge in [-0.05, 0) is 43.9 Å².